The third-order valence-corrected chi connectivity index (χ3v) is 5.08. The lowest BCUT2D eigenvalue weighted by Gasteiger charge is -2.38. The van der Waals surface area contributed by atoms with E-state index in [1.807, 2.05) is 31.2 Å². The molecule has 1 aliphatic heterocycles. The van der Waals surface area contributed by atoms with Crippen molar-refractivity contribution in [2.75, 3.05) is 13.7 Å². The molecule has 142 valence electrons. The number of aromatic nitrogens is 2. The van der Waals surface area contributed by atoms with Gasteiger partial charge in [-0.25, -0.2) is 0 Å². The number of benzene rings is 1. The summed E-state index contributed by atoms with van der Waals surface area (Å²) in [5.41, 5.74) is 1.89. The highest BCUT2D eigenvalue weighted by atomic mass is 16.5. The van der Waals surface area contributed by atoms with E-state index in [1.54, 1.807) is 11.9 Å². The Morgan fingerprint density at radius 3 is 2.85 bits per heavy atom. The van der Waals surface area contributed by atoms with Crippen molar-refractivity contribution in [3.05, 3.63) is 47.1 Å². The van der Waals surface area contributed by atoms with E-state index < -0.39 is 12.1 Å². The highest BCUT2D eigenvalue weighted by Crippen LogP contribution is 2.38. The largest absolute Gasteiger partial charge is 0.356 e. The summed E-state index contributed by atoms with van der Waals surface area (Å²) in [6.45, 7) is 1.99. The lowest BCUT2D eigenvalue weighted by Crippen LogP contribution is -2.53. The summed E-state index contributed by atoms with van der Waals surface area (Å²) in [5, 5.41) is 6.72. The Hall–Kier alpha value is -2.74. The molecule has 8 heteroatoms. The van der Waals surface area contributed by atoms with Crippen molar-refractivity contribution >= 4 is 11.8 Å². The Morgan fingerprint density at radius 2 is 2.11 bits per heavy atom. The molecule has 1 saturated heterocycles. The molecule has 8 nitrogen and oxygen atoms in total. The monoisotopic (exact) mass is 370 g/mol. The van der Waals surface area contributed by atoms with E-state index in [9.17, 15) is 9.59 Å². The number of hydrogen-bond acceptors (Lipinski definition) is 6. The third-order valence-electron chi connectivity index (χ3n) is 5.08. The minimum Gasteiger partial charge on any atom is -0.356 e. The molecule has 27 heavy (non-hydrogen) atoms. The molecular formula is C19H22N4O4. The van der Waals surface area contributed by atoms with Gasteiger partial charge in [0, 0.05) is 13.0 Å². The van der Waals surface area contributed by atoms with Gasteiger partial charge >= 0.3 is 0 Å². The average molecular weight is 370 g/mol. The number of carbonyl (C=O) groups is 2. The Kier molecular flexibility index (Phi) is 4.65. The SMILES string of the molecule is Cc1ccccc1[C@@H]1[C@@H](C(=O)NCc2noc(C3CC3)n2)OCC(=O)N1C. The minimum atomic E-state index is -0.802. The number of rotatable bonds is 5. The second-order valence-corrected chi connectivity index (χ2v) is 7.08. The Bertz CT molecular complexity index is 861. The van der Waals surface area contributed by atoms with Gasteiger partial charge < -0.3 is 19.5 Å². The van der Waals surface area contributed by atoms with Crippen LogP contribution in [-0.2, 0) is 20.9 Å². The predicted molar refractivity (Wildman–Crippen MR) is 94.5 cm³/mol. The normalized spacial score (nSPS) is 22.7. The van der Waals surface area contributed by atoms with Crippen LogP contribution in [0.25, 0.3) is 0 Å². The fourth-order valence-electron chi connectivity index (χ4n) is 3.32. The van der Waals surface area contributed by atoms with Gasteiger partial charge in [-0.3, -0.25) is 9.59 Å². The predicted octanol–water partition coefficient (Wildman–Crippen LogP) is 1.47. The van der Waals surface area contributed by atoms with Gasteiger partial charge in [-0.05, 0) is 30.9 Å². The molecule has 2 amide bonds. The van der Waals surface area contributed by atoms with E-state index >= 15 is 0 Å². The minimum absolute atomic E-state index is 0.120. The van der Waals surface area contributed by atoms with Gasteiger partial charge in [0.25, 0.3) is 5.91 Å². The van der Waals surface area contributed by atoms with Crippen LogP contribution in [-0.4, -0.2) is 46.6 Å². The second-order valence-electron chi connectivity index (χ2n) is 7.08. The standard InChI is InChI=1S/C19H22N4O4/c1-11-5-3-4-6-13(11)16-17(26-10-15(24)23(16)2)18(25)20-9-14-21-19(27-22-14)12-7-8-12/h3-6,12,16-17H,7-10H2,1-2H3,(H,20,25)/t16-,17+/m1/s1. The number of nitrogens with one attached hydrogen (secondary N) is 1. The number of amides is 2. The molecule has 0 spiro atoms. The summed E-state index contributed by atoms with van der Waals surface area (Å²) in [7, 11) is 1.70. The van der Waals surface area contributed by atoms with Gasteiger partial charge in [0.2, 0.25) is 11.8 Å². The van der Waals surface area contributed by atoms with E-state index in [-0.39, 0.29) is 25.0 Å². The summed E-state index contributed by atoms with van der Waals surface area (Å²) in [6.07, 6.45) is 1.34. The van der Waals surface area contributed by atoms with Crippen LogP contribution in [0.5, 0.6) is 0 Å². The lowest BCUT2D eigenvalue weighted by atomic mass is 9.94. The van der Waals surface area contributed by atoms with E-state index in [0.717, 1.165) is 24.0 Å². The number of carbonyl (C=O) groups excluding carboxylic acids is 2. The highest BCUT2D eigenvalue weighted by Gasteiger charge is 2.40. The van der Waals surface area contributed by atoms with Crippen LogP contribution < -0.4 is 5.32 Å². The maximum atomic E-state index is 12.8. The van der Waals surface area contributed by atoms with Crippen LogP contribution in [0.2, 0.25) is 0 Å². The van der Waals surface area contributed by atoms with Crippen molar-refractivity contribution in [2.45, 2.75) is 44.4 Å². The first-order chi connectivity index (χ1) is 13.0. The zero-order valence-electron chi connectivity index (χ0n) is 15.3. The number of ether oxygens (including phenoxy) is 1. The van der Waals surface area contributed by atoms with Crippen molar-refractivity contribution in [3.63, 3.8) is 0 Å². The molecule has 1 aliphatic carbocycles. The fraction of sp³-hybridized carbons (Fsp3) is 0.474. The number of nitrogens with zero attached hydrogens (tertiary/aromatic N) is 3. The van der Waals surface area contributed by atoms with Crippen LogP contribution in [0.15, 0.2) is 28.8 Å². The molecule has 2 fully saturated rings. The van der Waals surface area contributed by atoms with Crippen molar-refractivity contribution < 1.29 is 18.8 Å². The number of hydrogen-bond donors (Lipinski definition) is 1. The summed E-state index contributed by atoms with van der Waals surface area (Å²) in [5.74, 6) is 0.989. The number of morpholine rings is 1. The fourth-order valence-corrected chi connectivity index (χ4v) is 3.32. The highest BCUT2D eigenvalue weighted by molar-refractivity contribution is 5.86. The zero-order valence-corrected chi connectivity index (χ0v) is 15.3. The van der Waals surface area contributed by atoms with Crippen molar-refractivity contribution in [1.82, 2.24) is 20.4 Å². The zero-order chi connectivity index (χ0) is 19.0. The van der Waals surface area contributed by atoms with E-state index in [2.05, 4.69) is 15.5 Å². The third kappa shape index (κ3) is 3.57. The van der Waals surface area contributed by atoms with E-state index in [0.29, 0.717) is 17.6 Å². The van der Waals surface area contributed by atoms with Crippen LogP contribution in [0.1, 0.15) is 47.6 Å². The van der Waals surface area contributed by atoms with Crippen molar-refractivity contribution in [1.29, 1.82) is 0 Å². The molecule has 0 radical (unpaired) electrons. The summed E-state index contributed by atoms with van der Waals surface area (Å²) < 4.78 is 10.8. The van der Waals surface area contributed by atoms with E-state index in [4.69, 9.17) is 9.26 Å². The molecule has 1 N–H and O–H groups in total. The molecule has 0 unspecified atom stereocenters. The van der Waals surface area contributed by atoms with Gasteiger partial charge in [0.15, 0.2) is 11.9 Å². The first kappa shape index (κ1) is 17.7. The van der Waals surface area contributed by atoms with E-state index in [1.165, 1.54) is 0 Å². The molecule has 4 rings (SSSR count). The first-order valence-electron chi connectivity index (χ1n) is 9.07. The van der Waals surface area contributed by atoms with Gasteiger partial charge in [0.1, 0.15) is 6.61 Å². The molecule has 2 aliphatic rings. The molecule has 1 aromatic carbocycles. The van der Waals surface area contributed by atoms with Crippen molar-refractivity contribution in [2.24, 2.45) is 0 Å². The molecule has 1 saturated carbocycles. The van der Waals surface area contributed by atoms with Gasteiger partial charge in [-0.15, -0.1) is 0 Å². The molecule has 0 bridgehead atoms. The van der Waals surface area contributed by atoms with Crippen LogP contribution in [0, 0.1) is 6.92 Å². The molecule has 2 aromatic rings. The Labute approximate surface area is 156 Å². The molecule has 2 heterocycles. The maximum absolute atomic E-state index is 12.8. The number of aryl methyl sites for hydroxylation is 1. The summed E-state index contributed by atoms with van der Waals surface area (Å²) in [4.78, 5) is 30.8. The average Bonchev–Trinajstić information content (AvgIpc) is 3.41. The molecular weight excluding hydrogens is 348 g/mol. The number of likely N-dealkylation sites (N-methyl/N-ethyl adjacent to an activating group) is 1. The topological polar surface area (TPSA) is 97.6 Å². The van der Waals surface area contributed by atoms with Crippen LogP contribution in [0.3, 0.4) is 0 Å². The lowest BCUT2D eigenvalue weighted by molar-refractivity contribution is -0.162. The first-order valence-corrected chi connectivity index (χ1v) is 9.07. The van der Waals surface area contributed by atoms with Gasteiger partial charge in [0.05, 0.1) is 12.6 Å². The molecule has 2 atom stereocenters. The van der Waals surface area contributed by atoms with Crippen LogP contribution >= 0.6 is 0 Å². The molecule has 1 aromatic heterocycles. The van der Waals surface area contributed by atoms with Gasteiger partial charge in [-0.2, -0.15) is 4.98 Å². The maximum Gasteiger partial charge on any atom is 0.252 e. The van der Waals surface area contributed by atoms with Crippen LogP contribution in [0.4, 0.5) is 0 Å². The summed E-state index contributed by atoms with van der Waals surface area (Å²) >= 11 is 0. The smallest absolute Gasteiger partial charge is 0.252 e. The Morgan fingerprint density at radius 1 is 1.33 bits per heavy atom. The van der Waals surface area contributed by atoms with Crippen molar-refractivity contribution in [3.8, 4) is 0 Å². The quantitative estimate of drug-likeness (QED) is 0.856. The second kappa shape index (κ2) is 7.11. The summed E-state index contributed by atoms with van der Waals surface area (Å²) in [6, 6.07) is 7.20. The Balaban J connectivity index is 1.49. The van der Waals surface area contributed by atoms with Gasteiger partial charge in [-0.1, -0.05) is 29.4 Å².